The number of rotatable bonds is 3. The number of hydrogen-bond acceptors (Lipinski definition) is 5. The number of thiocarbonyl (C=S) groups is 1. The highest BCUT2D eigenvalue weighted by atomic mass is 32.1. The number of furan rings is 1. The van der Waals surface area contributed by atoms with Crippen molar-refractivity contribution < 1.29 is 4.42 Å². The lowest BCUT2D eigenvalue weighted by Crippen LogP contribution is -2.35. The van der Waals surface area contributed by atoms with E-state index >= 15 is 0 Å². The number of aliphatic imine (C=N–C) groups is 1. The Balaban J connectivity index is 1.64. The summed E-state index contributed by atoms with van der Waals surface area (Å²) < 4.78 is 5.30. The normalized spacial score (nSPS) is 15.6. The second-order valence-electron chi connectivity index (χ2n) is 5.80. The zero-order valence-electron chi connectivity index (χ0n) is 13.8. The fourth-order valence-electron chi connectivity index (χ4n) is 2.96. The van der Waals surface area contributed by atoms with Gasteiger partial charge in [0, 0.05) is 17.1 Å². The van der Waals surface area contributed by atoms with Gasteiger partial charge in [0.25, 0.3) is 0 Å². The Kier molecular flexibility index (Phi) is 4.16. The van der Waals surface area contributed by atoms with Crippen LogP contribution in [0.1, 0.15) is 11.7 Å². The van der Waals surface area contributed by atoms with Crippen molar-refractivity contribution in [3.8, 4) is 0 Å². The molecule has 0 amide bonds. The molecule has 4 N–H and O–H groups in total. The van der Waals surface area contributed by atoms with E-state index < -0.39 is 0 Å². The van der Waals surface area contributed by atoms with Crippen LogP contribution in [-0.2, 0) is 0 Å². The van der Waals surface area contributed by atoms with Crippen molar-refractivity contribution in [1.29, 1.82) is 0 Å². The molecule has 1 unspecified atom stereocenters. The summed E-state index contributed by atoms with van der Waals surface area (Å²) in [5.41, 5.74) is 15.8. The second kappa shape index (κ2) is 6.62. The number of hydrogen-bond donors (Lipinski definition) is 2. The van der Waals surface area contributed by atoms with Crippen molar-refractivity contribution in [3.63, 3.8) is 0 Å². The molecule has 1 aliphatic heterocycles. The van der Waals surface area contributed by atoms with Gasteiger partial charge in [0.05, 0.1) is 11.8 Å². The molecule has 0 saturated heterocycles. The van der Waals surface area contributed by atoms with E-state index in [1.165, 1.54) is 0 Å². The van der Waals surface area contributed by atoms with Crippen molar-refractivity contribution in [1.82, 2.24) is 0 Å². The number of benzene rings is 2. The smallest absolute Gasteiger partial charge is 0.226 e. The van der Waals surface area contributed by atoms with Crippen LogP contribution in [0.25, 0.3) is 0 Å². The third-order valence-electron chi connectivity index (χ3n) is 4.23. The molecule has 7 heteroatoms. The number of para-hydroxylation sites is 1. The van der Waals surface area contributed by atoms with Crippen LogP contribution in [0, 0.1) is 0 Å². The van der Waals surface area contributed by atoms with Gasteiger partial charge in [-0.3, -0.25) is 4.90 Å². The van der Waals surface area contributed by atoms with Crippen molar-refractivity contribution in [2.75, 3.05) is 9.80 Å². The largest absolute Gasteiger partial charge is 0.446 e. The third-order valence-corrected chi connectivity index (χ3v) is 4.42. The molecule has 4 rings (SSSR count). The summed E-state index contributed by atoms with van der Waals surface area (Å²) in [5, 5.41) is 0.281. The van der Waals surface area contributed by atoms with Gasteiger partial charge in [-0.1, -0.05) is 18.2 Å². The highest BCUT2D eigenvalue weighted by Gasteiger charge is 2.24. The topological polar surface area (TPSA) is 84.0 Å². The summed E-state index contributed by atoms with van der Waals surface area (Å²) >= 11 is 5.23. The third kappa shape index (κ3) is 2.83. The van der Waals surface area contributed by atoms with Crippen molar-refractivity contribution in [3.05, 3.63) is 72.5 Å². The minimum absolute atomic E-state index is 0.281. The van der Waals surface area contributed by atoms with E-state index in [0.717, 1.165) is 22.6 Å². The first-order valence-electron chi connectivity index (χ1n) is 8.05. The van der Waals surface area contributed by atoms with Crippen LogP contribution in [0.15, 0.2) is 76.3 Å². The van der Waals surface area contributed by atoms with Gasteiger partial charge in [-0.15, -0.1) is 0 Å². The standard InChI is InChI=1S/C19H17N5OS/c20-17-16-10-11-25-18(16)22-12-23(17)13-6-8-15(9-7-13)24(19(21)26)14-4-2-1-3-5-14/h1-12,17H,20H2,(H2,21,26). The molecule has 0 aliphatic carbocycles. The predicted octanol–water partition coefficient (Wildman–Crippen LogP) is 3.80. The Labute approximate surface area is 156 Å². The molecule has 2 heterocycles. The number of anilines is 3. The molecular weight excluding hydrogens is 346 g/mol. The first kappa shape index (κ1) is 16.3. The van der Waals surface area contributed by atoms with E-state index in [9.17, 15) is 0 Å². The average molecular weight is 363 g/mol. The summed E-state index contributed by atoms with van der Waals surface area (Å²) in [6.45, 7) is 0. The quantitative estimate of drug-likeness (QED) is 0.689. The number of nitrogens with zero attached hydrogens (tertiary/aromatic N) is 3. The Morgan fingerprint density at radius 2 is 1.73 bits per heavy atom. The van der Waals surface area contributed by atoms with E-state index in [4.69, 9.17) is 28.1 Å². The molecule has 1 aromatic heterocycles. The fraction of sp³-hybridized carbons (Fsp3) is 0.0526. The van der Waals surface area contributed by atoms with Gasteiger partial charge in [0.2, 0.25) is 5.88 Å². The monoisotopic (exact) mass is 363 g/mol. The van der Waals surface area contributed by atoms with Gasteiger partial charge in [0.1, 0.15) is 12.5 Å². The zero-order valence-corrected chi connectivity index (χ0v) is 14.6. The Hall–Kier alpha value is -3.16. The van der Waals surface area contributed by atoms with Crippen LogP contribution in [0.4, 0.5) is 22.9 Å². The summed E-state index contributed by atoms with van der Waals surface area (Å²) in [5.74, 6) is 0.550. The zero-order chi connectivity index (χ0) is 18.1. The van der Waals surface area contributed by atoms with Gasteiger partial charge in [-0.05, 0) is 54.7 Å². The first-order chi connectivity index (χ1) is 12.6. The average Bonchev–Trinajstić information content (AvgIpc) is 3.13. The van der Waals surface area contributed by atoms with E-state index in [2.05, 4.69) is 4.99 Å². The molecule has 0 saturated carbocycles. The maximum absolute atomic E-state index is 6.33. The second-order valence-corrected chi connectivity index (χ2v) is 6.22. The Morgan fingerprint density at radius 3 is 2.42 bits per heavy atom. The minimum Gasteiger partial charge on any atom is -0.446 e. The van der Waals surface area contributed by atoms with Crippen LogP contribution in [0.3, 0.4) is 0 Å². The fourth-order valence-corrected chi connectivity index (χ4v) is 3.17. The molecule has 130 valence electrons. The summed E-state index contributed by atoms with van der Waals surface area (Å²) in [4.78, 5) is 8.00. The molecule has 2 aromatic carbocycles. The maximum Gasteiger partial charge on any atom is 0.226 e. The van der Waals surface area contributed by atoms with Crippen LogP contribution < -0.4 is 21.3 Å². The highest BCUT2D eigenvalue weighted by molar-refractivity contribution is 7.80. The summed E-state index contributed by atoms with van der Waals surface area (Å²) in [7, 11) is 0. The molecule has 26 heavy (non-hydrogen) atoms. The van der Waals surface area contributed by atoms with Gasteiger partial charge in [-0.25, -0.2) is 4.99 Å². The van der Waals surface area contributed by atoms with Crippen LogP contribution in [0.5, 0.6) is 0 Å². The number of fused-ring (bicyclic) bond motifs is 1. The molecule has 1 atom stereocenters. The maximum atomic E-state index is 6.33. The van der Waals surface area contributed by atoms with Crippen LogP contribution >= 0.6 is 12.2 Å². The van der Waals surface area contributed by atoms with Crippen molar-refractivity contribution >= 4 is 46.6 Å². The van der Waals surface area contributed by atoms with E-state index in [1.807, 2.05) is 70.5 Å². The first-order valence-corrected chi connectivity index (χ1v) is 8.46. The van der Waals surface area contributed by atoms with E-state index in [1.54, 1.807) is 12.6 Å². The summed E-state index contributed by atoms with van der Waals surface area (Å²) in [6.07, 6.45) is 2.91. The van der Waals surface area contributed by atoms with E-state index in [0.29, 0.717) is 5.88 Å². The van der Waals surface area contributed by atoms with Gasteiger partial charge in [-0.2, -0.15) is 0 Å². The van der Waals surface area contributed by atoms with Gasteiger partial charge < -0.3 is 20.8 Å². The van der Waals surface area contributed by atoms with Gasteiger partial charge in [0.15, 0.2) is 5.11 Å². The minimum atomic E-state index is -0.354. The lowest BCUT2D eigenvalue weighted by molar-refractivity contribution is 0.567. The molecule has 6 nitrogen and oxygen atoms in total. The molecule has 0 bridgehead atoms. The molecule has 0 spiro atoms. The number of nitrogens with two attached hydrogens (primary N) is 2. The predicted molar refractivity (Wildman–Crippen MR) is 108 cm³/mol. The molecular formula is C19H17N5OS. The molecule has 0 fully saturated rings. The van der Waals surface area contributed by atoms with Crippen molar-refractivity contribution in [2.45, 2.75) is 6.17 Å². The highest BCUT2D eigenvalue weighted by Crippen LogP contribution is 2.34. The lowest BCUT2D eigenvalue weighted by Gasteiger charge is -2.29. The van der Waals surface area contributed by atoms with Crippen molar-refractivity contribution in [2.24, 2.45) is 16.5 Å². The Bertz CT molecular complexity index is 952. The molecule has 0 radical (unpaired) electrons. The van der Waals surface area contributed by atoms with Crippen LogP contribution in [0.2, 0.25) is 0 Å². The molecule has 3 aromatic rings. The SMILES string of the molecule is NC(=S)N(c1ccccc1)c1ccc(N2C=Nc3occc3C2N)cc1. The molecule has 1 aliphatic rings. The Morgan fingerprint density at radius 1 is 1.04 bits per heavy atom. The van der Waals surface area contributed by atoms with Gasteiger partial charge >= 0.3 is 0 Å². The summed E-state index contributed by atoms with van der Waals surface area (Å²) in [6, 6.07) is 19.4. The van der Waals surface area contributed by atoms with E-state index in [-0.39, 0.29) is 11.3 Å². The van der Waals surface area contributed by atoms with Crippen LogP contribution in [-0.4, -0.2) is 11.5 Å². The lowest BCUT2D eigenvalue weighted by atomic mass is 10.1.